The predicted molar refractivity (Wildman–Crippen MR) is 224 cm³/mol. The summed E-state index contributed by atoms with van der Waals surface area (Å²) in [4.78, 5) is 60.1. The van der Waals surface area contributed by atoms with Gasteiger partial charge in [-0.15, -0.1) is 10.2 Å². The number of nitrogen functional groups attached to an aromatic ring is 1. The molecular weight excluding hydrogens is 811 g/mol. The van der Waals surface area contributed by atoms with Crippen LogP contribution in [0.1, 0.15) is 80.3 Å². The number of likely N-dealkylation sites (N-methyl/N-ethyl adjacent to an activating group) is 1. The minimum absolute atomic E-state index is 0.00588. The van der Waals surface area contributed by atoms with Crippen molar-refractivity contribution in [2.24, 2.45) is 33.8 Å². The molecule has 19 heteroatoms. The Morgan fingerprint density at radius 2 is 1.79 bits per heavy atom. The molecule has 0 radical (unpaired) electrons. The molecule has 6 heterocycles. The number of hydrogen-bond donors (Lipinski definition) is 3. The van der Waals surface area contributed by atoms with Gasteiger partial charge in [0.15, 0.2) is 17.1 Å². The Bertz CT molecular complexity index is 1960. The number of esters is 1. The second-order valence-electron chi connectivity index (χ2n) is 17.6. The molecule has 0 saturated carbocycles. The highest BCUT2D eigenvalue weighted by Crippen LogP contribution is 2.40. The number of carbonyl (C=O) groups is 3. The van der Waals surface area contributed by atoms with Crippen LogP contribution in [0, 0.1) is 23.7 Å². The van der Waals surface area contributed by atoms with Crippen LogP contribution in [0.15, 0.2) is 28.5 Å². The molecule has 61 heavy (non-hydrogen) atoms. The van der Waals surface area contributed by atoms with E-state index in [4.69, 9.17) is 39.2 Å². The second kappa shape index (κ2) is 18.9. The SMILES string of the molecule is CC[C@H]1OC(=O)[C@H](C)C(=O)[C@H](C)[C@@H](O[C@@H]2O[C@H](C)C[C@H](N(C)C)[C@H]2O)[C@@]2(C)C[C@@H](C)C3=NC(=O)C(Cc4ccc(-c5nnc(N)s5)cn4)O/N=C(/CO[C@H]([C@H]3C)[C@]1(C)O)CO2. The highest BCUT2D eigenvalue weighted by Gasteiger charge is 2.53. The quantitative estimate of drug-likeness (QED) is 0.268. The number of carbonyl (C=O) groups excluding carboxylic acids is 3. The molecule has 3 fully saturated rings. The van der Waals surface area contributed by atoms with E-state index in [2.05, 4.69) is 20.3 Å². The maximum absolute atomic E-state index is 14.5. The Labute approximate surface area is 360 Å². The zero-order chi connectivity index (χ0) is 44.6. The molecule has 6 rings (SSSR count). The van der Waals surface area contributed by atoms with E-state index in [9.17, 15) is 24.6 Å². The highest BCUT2D eigenvalue weighted by molar-refractivity contribution is 7.18. The molecular formula is C42H61N7O11S. The number of nitrogens with zero attached hydrogens (tertiary/aromatic N) is 6. The lowest BCUT2D eigenvalue weighted by atomic mass is 9.73. The number of rotatable bonds is 7. The summed E-state index contributed by atoms with van der Waals surface area (Å²) in [6, 6.07) is 3.22. The molecule has 2 aromatic heterocycles. The van der Waals surface area contributed by atoms with Crippen molar-refractivity contribution in [2.75, 3.05) is 33.0 Å². The van der Waals surface area contributed by atoms with E-state index >= 15 is 0 Å². The van der Waals surface area contributed by atoms with Crippen LogP contribution in [-0.2, 0) is 49.3 Å². The number of ether oxygens (including phenoxy) is 5. The molecule has 1 unspecified atom stereocenters. The molecule has 2 aromatic rings. The molecule has 14 atom stereocenters. The minimum atomic E-state index is -1.85. The summed E-state index contributed by atoms with van der Waals surface area (Å²) >= 11 is 1.22. The number of pyridine rings is 1. The lowest BCUT2D eigenvalue weighted by Gasteiger charge is -2.47. The van der Waals surface area contributed by atoms with Gasteiger partial charge >= 0.3 is 5.97 Å². The van der Waals surface area contributed by atoms with Crippen molar-refractivity contribution in [3.8, 4) is 10.6 Å². The van der Waals surface area contributed by atoms with Gasteiger partial charge in [-0.1, -0.05) is 44.2 Å². The van der Waals surface area contributed by atoms with E-state index in [1.165, 1.54) is 25.2 Å². The van der Waals surface area contributed by atoms with Crippen LogP contribution in [0.25, 0.3) is 10.6 Å². The number of oxime groups is 1. The topological polar surface area (TPSA) is 240 Å². The number of cyclic esters (lactones) is 1. The van der Waals surface area contributed by atoms with Gasteiger partial charge in [0.05, 0.1) is 37.1 Å². The first-order chi connectivity index (χ1) is 28.7. The summed E-state index contributed by atoms with van der Waals surface area (Å²) in [6.45, 7) is 13.3. The summed E-state index contributed by atoms with van der Waals surface area (Å²) in [5.41, 5.74) is 4.32. The fourth-order valence-electron chi connectivity index (χ4n) is 9.14. The molecule has 336 valence electrons. The van der Waals surface area contributed by atoms with Crippen LogP contribution < -0.4 is 5.73 Å². The molecule has 0 spiro atoms. The largest absolute Gasteiger partial charge is 0.459 e. The molecule has 1 amide bonds. The monoisotopic (exact) mass is 871 g/mol. The van der Waals surface area contributed by atoms with Crippen molar-refractivity contribution in [2.45, 2.75) is 141 Å². The number of nitrogens with two attached hydrogens (primary N) is 1. The third-order valence-corrected chi connectivity index (χ3v) is 13.4. The third kappa shape index (κ3) is 10.0. The van der Waals surface area contributed by atoms with E-state index in [0.717, 1.165) is 0 Å². The standard InChI is InChI=1S/C42H61N7O11S/c1-11-30-42(8,54)35-22(4)31-20(2)16-41(7,34(23(5)32(50)24(6)38(53)58-30)59-39-33(51)28(49(9)10)14-21(3)57-39)56-19-27(18-55-35)48-60-29(36(52)45-31)15-26-13-12-25(17-44-26)37-46-47-40(43)61-37/h12-13,17,20-24,28-30,33-35,39,51,54H,11,14-16,18-19H2,1-10H3,(H2,43,47)/b45-31?,48-27-/t20-,21-,22+,23+,24-,28+,29?,30-,33-,34-,35-,39+,41-,42-/m1/s1. The predicted octanol–water partition coefficient (Wildman–Crippen LogP) is 3.02. The number of amides is 1. The van der Waals surface area contributed by atoms with Gasteiger partial charge in [-0.25, -0.2) is 4.99 Å². The van der Waals surface area contributed by atoms with Gasteiger partial charge < -0.3 is 49.4 Å². The molecule has 4 aliphatic rings. The van der Waals surface area contributed by atoms with Crippen molar-refractivity contribution in [1.82, 2.24) is 20.1 Å². The first-order valence-electron chi connectivity index (χ1n) is 21.0. The number of hydrogen-bond acceptors (Lipinski definition) is 18. The molecule has 18 nitrogen and oxygen atoms in total. The third-order valence-electron chi connectivity index (χ3n) is 12.6. The Hall–Kier alpha value is -3.82. The van der Waals surface area contributed by atoms with Gasteiger partial charge in [0.2, 0.25) is 11.2 Å². The summed E-state index contributed by atoms with van der Waals surface area (Å²) in [5.74, 6) is -5.61. The average molecular weight is 872 g/mol. The van der Waals surface area contributed by atoms with Gasteiger partial charge in [-0.2, -0.15) is 0 Å². The summed E-state index contributed by atoms with van der Waals surface area (Å²) < 4.78 is 32.4. The van der Waals surface area contributed by atoms with Crippen LogP contribution in [0.4, 0.5) is 5.13 Å². The summed E-state index contributed by atoms with van der Waals surface area (Å²) in [5, 5.41) is 37.4. The Balaban J connectivity index is 1.47. The molecule has 0 aromatic carbocycles. The summed E-state index contributed by atoms with van der Waals surface area (Å²) in [6.07, 6.45) is -4.73. The van der Waals surface area contributed by atoms with Gasteiger partial charge in [0, 0.05) is 47.5 Å². The Morgan fingerprint density at radius 3 is 2.43 bits per heavy atom. The van der Waals surface area contributed by atoms with E-state index in [0.29, 0.717) is 33.5 Å². The molecule has 4 N–H and O–H groups in total. The number of anilines is 1. The molecule has 3 saturated heterocycles. The van der Waals surface area contributed by atoms with E-state index in [-0.39, 0.29) is 50.3 Å². The normalized spacial score (nSPS) is 39.0. The first kappa shape index (κ1) is 46.7. The van der Waals surface area contributed by atoms with E-state index < -0.39 is 89.3 Å². The van der Waals surface area contributed by atoms with Crippen LogP contribution in [0.5, 0.6) is 0 Å². The maximum atomic E-state index is 14.5. The van der Waals surface area contributed by atoms with Crippen LogP contribution in [-0.4, -0.2) is 147 Å². The Kier molecular flexibility index (Phi) is 14.4. The van der Waals surface area contributed by atoms with Gasteiger partial charge in [0.25, 0.3) is 5.91 Å². The van der Waals surface area contributed by atoms with E-state index in [1.807, 2.05) is 32.8 Å². The maximum Gasteiger partial charge on any atom is 0.316 e. The van der Waals surface area contributed by atoms with Crippen molar-refractivity contribution in [3.05, 3.63) is 24.0 Å². The molecule has 4 aliphatic heterocycles. The number of aliphatic imine (C=N–C) groups is 1. The van der Waals surface area contributed by atoms with Crippen molar-refractivity contribution in [1.29, 1.82) is 0 Å². The smallest absolute Gasteiger partial charge is 0.316 e. The Morgan fingerprint density at radius 1 is 1.05 bits per heavy atom. The minimum Gasteiger partial charge on any atom is -0.459 e. The number of Topliss-reactive ketones (excluding diaryl/α,β-unsaturated/α-hetero) is 1. The van der Waals surface area contributed by atoms with Crippen molar-refractivity contribution < 1.29 is 53.1 Å². The van der Waals surface area contributed by atoms with Crippen LogP contribution in [0.3, 0.4) is 0 Å². The average Bonchev–Trinajstić information content (AvgIpc) is 3.64. The lowest BCUT2D eigenvalue weighted by Crippen LogP contribution is -2.60. The summed E-state index contributed by atoms with van der Waals surface area (Å²) in [7, 11) is 3.73. The number of aromatic nitrogens is 3. The zero-order valence-corrected chi connectivity index (χ0v) is 37.5. The first-order valence-corrected chi connectivity index (χ1v) is 21.8. The molecule has 4 bridgehead atoms. The van der Waals surface area contributed by atoms with Crippen LogP contribution >= 0.6 is 11.3 Å². The fraction of sp³-hybridized carbons (Fsp3) is 0.714. The second-order valence-corrected chi connectivity index (χ2v) is 18.7. The number of aliphatic hydroxyl groups excluding tert-OH is 1. The van der Waals surface area contributed by atoms with Crippen LogP contribution in [0.2, 0.25) is 0 Å². The zero-order valence-electron chi connectivity index (χ0n) is 36.6. The molecule has 0 aliphatic carbocycles. The van der Waals surface area contributed by atoms with Gasteiger partial charge in [-0.3, -0.25) is 19.4 Å². The van der Waals surface area contributed by atoms with E-state index in [1.54, 1.807) is 46.0 Å². The van der Waals surface area contributed by atoms with Crippen molar-refractivity contribution >= 4 is 45.6 Å². The van der Waals surface area contributed by atoms with Gasteiger partial charge in [-0.05, 0) is 79.1 Å². The number of aliphatic hydroxyl groups is 2. The highest BCUT2D eigenvalue weighted by atomic mass is 32.1. The van der Waals surface area contributed by atoms with Crippen molar-refractivity contribution in [3.63, 3.8) is 0 Å². The lowest BCUT2D eigenvalue weighted by molar-refractivity contribution is -0.296. The number of fused-ring (bicyclic) bond motifs is 4. The van der Waals surface area contributed by atoms with Gasteiger partial charge in [0.1, 0.15) is 29.4 Å². The number of ketones is 1. The fourth-order valence-corrected chi connectivity index (χ4v) is 9.74.